The van der Waals surface area contributed by atoms with Crippen LogP contribution in [-0.2, 0) is 0 Å². The summed E-state index contributed by atoms with van der Waals surface area (Å²) in [7, 11) is 0. The fraction of sp³-hybridized carbons (Fsp3) is 0.875. The Balaban J connectivity index is 2.51. The summed E-state index contributed by atoms with van der Waals surface area (Å²) >= 11 is 1.88. The maximum absolute atomic E-state index is 8.56. The van der Waals surface area contributed by atoms with E-state index in [2.05, 4.69) is 12.3 Å². The van der Waals surface area contributed by atoms with E-state index in [1.807, 2.05) is 11.8 Å². The van der Waals surface area contributed by atoms with Gasteiger partial charge in [-0.1, -0.05) is 12.8 Å². The molecule has 1 nitrogen and oxygen atoms in total. The molecule has 0 N–H and O–H groups in total. The van der Waals surface area contributed by atoms with Crippen molar-refractivity contribution in [1.29, 1.82) is 5.26 Å². The number of nitriles is 1. The van der Waals surface area contributed by atoms with Crippen LogP contribution in [0.1, 0.15) is 32.1 Å². The third-order valence-electron chi connectivity index (χ3n) is 2.35. The number of rotatable bonds is 2. The van der Waals surface area contributed by atoms with Crippen molar-refractivity contribution in [3.8, 4) is 6.07 Å². The predicted molar refractivity (Wildman–Crippen MR) is 44.9 cm³/mol. The third kappa shape index (κ3) is 1.46. The molecule has 0 unspecified atom stereocenters. The van der Waals surface area contributed by atoms with Gasteiger partial charge in [0.2, 0.25) is 0 Å². The van der Waals surface area contributed by atoms with Gasteiger partial charge in [0.25, 0.3) is 0 Å². The van der Waals surface area contributed by atoms with E-state index in [9.17, 15) is 0 Å². The molecule has 0 radical (unpaired) electrons. The maximum Gasteiger partial charge on any atom is 0.0636 e. The molecule has 0 aromatic heterocycles. The van der Waals surface area contributed by atoms with Gasteiger partial charge < -0.3 is 0 Å². The Bertz CT molecular complexity index is 142. The highest BCUT2D eigenvalue weighted by molar-refractivity contribution is 8.00. The van der Waals surface area contributed by atoms with Gasteiger partial charge in [-0.25, -0.2) is 0 Å². The van der Waals surface area contributed by atoms with Gasteiger partial charge in [-0.2, -0.15) is 17.0 Å². The Labute approximate surface area is 66.8 Å². The minimum atomic E-state index is 0.342. The monoisotopic (exact) mass is 155 g/mol. The van der Waals surface area contributed by atoms with Crippen molar-refractivity contribution in [3.63, 3.8) is 0 Å². The second kappa shape index (κ2) is 3.30. The zero-order valence-corrected chi connectivity index (χ0v) is 7.21. The summed E-state index contributed by atoms with van der Waals surface area (Å²) in [4.78, 5) is 0. The molecule has 56 valence electrons. The molecule has 0 aromatic rings. The summed E-state index contributed by atoms with van der Waals surface area (Å²) in [5, 5.41) is 8.56. The molecular formula is C8H13NS. The summed E-state index contributed by atoms with van der Waals surface area (Å²) in [5.74, 6) is 0. The van der Waals surface area contributed by atoms with Crippen molar-refractivity contribution in [2.75, 3.05) is 6.26 Å². The van der Waals surface area contributed by atoms with Crippen molar-refractivity contribution in [2.24, 2.45) is 0 Å². The highest BCUT2D eigenvalue weighted by Gasteiger charge is 2.32. The van der Waals surface area contributed by atoms with E-state index in [0.29, 0.717) is 4.75 Å². The van der Waals surface area contributed by atoms with E-state index in [1.165, 1.54) is 25.7 Å². The Hall–Kier alpha value is -0.160. The molecule has 0 saturated heterocycles. The summed E-state index contributed by atoms with van der Waals surface area (Å²) in [6, 6.07) is 2.28. The molecule has 10 heavy (non-hydrogen) atoms. The highest BCUT2D eigenvalue weighted by atomic mass is 32.2. The van der Waals surface area contributed by atoms with E-state index >= 15 is 0 Å². The van der Waals surface area contributed by atoms with Crippen LogP contribution in [0.2, 0.25) is 0 Å². The van der Waals surface area contributed by atoms with Gasteiger partial charge >= 0.3 is 0 Å². The fourth-order valence-corrected chi connectivity index (χ4v) is 2.52. The first kappa shape index (κ1) is 7.94. The number of hydrogen-bond donors (Lipinski definition) is 0. The van der Waals surface area contributed by atoms with E-state index in [-0.39, 0.29) is 0 Å². The molecule has 0 heterocycles. The van der Waals surface area contributed by atoms with E-state index in [4.69, 9.17) is 5.26 Å². The quantitative estimate of drug-likeness (QED) is 0.612. The van der Waals surface area contributed by atoms with Crippen molar-refractivity contribution in [1.82, 2.24) is 0 Å². The minimum absolute atomic E-state index is 0.342. The molecule has 0 bridgehead atoms. The van der Waals surface area contributed by atoms with Crippen LogP contribution in [0.4, 0.5) is 0 Å². The smallest absolute Gasteiger partial charge is 0.0636 e. The van der Waals surface area contributed by atoms with Crippen LogP contribution < -0.4 is 0 Å². The van der Waals surface area contributed by atoms with Gasteiger partial charge in [-0.3, -0.25) is 0 Å². The third-order valence-corrected chi connectivity index (χ3v) is 3.77. The first-order valence-electron chi connectivity index (χ1n) is 3.75. The molecule has 0 aliphatic heterocycles. The van der Waals surface area contributed by atoms with Gasteiger partial charge in [0.05, 0.1) is 6.07 Å². The van der Waals surface area contributed by atoms with Crippen LogP contribution in [0.3, 0.4) is 0 Å². The van der Waals surface area contributed by atoms with E-state index in [1.54, 1.807) is 0 Å². The molecular weight excluding hydrogens is 142 g/mol. The van der Waals surface area contributed by atoms with Crippen molar-refractivity contribution in [3.05, 3.63) is 0 Å². The lowest BCUT2D eigenvalue weighted by molar-refractivity contribution is 0.625. The van der Waals surface area contributed by atoms with Crippen molar-refractivity contribution < 1.29 is 0 Å². The summed E-state index contributed by atoms with van der Waals surface area (Å²) in [6.45, 7) is 0. The van der Waals surface area contributed by atoms with Gasteiger partial charge in [0, 0.05) is 11.2 Å². The maximum atomic E-state index is 8.56. The summed E-state index contributed by atoms with van der Waals surface area (Å²) < 4.78 is 0.342. The highest BCUT2D eigenvalue weighted by Crippen LogP contribution is 2.42. The Morgan fingerprint density at radius 2 is 2.10 bits per heavy atom. The molecule has 1 saturated carbocycles. The number of hydrogen-bond acceptors (Lipinski definition) is 2. The summed E-state index contributed by atoms with van der Waals surface area (Å²) in [6.07, 6.45) is 8.02. The largest absolute Gasteiger partial charge is 0.198 e. The second-order valence-corrected chi connectivity index (χ2v) is 4.20. The summed E-state index contributed by atoms with van der Waals surface area (Å²) in [5.41, 5.74) is 0. The Kier molecular flexibility index (Phi) is 2.62. The standard InChI is InChI=1S/C8H13NS/c1-10-8(6-7-9)4-2-3-5-8/h2-6H2,1H3. The molecule has 1 fully saturated rings. The second-order valence-electron chi connectivity index (χ2n) is 2.93. The van der Waals surface area contributed by atoms with Gasteiger partial charge in [-0.05, 0) is 19.1 Å². The van der Waals surface area contributed by atoms with Crippen LogP contribution in [0.15, 0.2) is 0 Å². The zero-order valence-electron chi connectivity index (χ0n) is 6.39. The molecule has 0 amide bonds. The number of thioether (sulfide) groups is 1. The molecule has 1 aliphatic carbocycles. The molecule has 1 aliphatic rings. The number of nitrogens with zero attached hydrogens (tertiary/aromatic N) is 1. The van der Waals surface area contributed by atoms with Crippen LogP contribution >= 0.6 is 11.8 Å². The lowest BCUT2D eigenvalue weighted by Gasteiger charge is -2.22. The molecule has 1 rings (SSSR count). The molecule has 0 atom stereocenters. The van der Waals surface area contributed by atoms with Gasteiger partial charge in [0.15, 0.2) is 0 Å². The lowest BCUT2D eigenvalue weighted by Crippen LogP contribution is -2.17. The predicted octanol–water partition coefficient (Wildman–Crippen LogP) is 2.58. The van der Waals surface area contributed by atoms with Crippen molar-refractivity contribution >= 4 is 11.8 Å². The van der Waals surface area contributed by atoms with Crippen LogP contribution in [0.25, 0.3) is 0 Å². The van der Waals surface area contributed by atoms with Gasteiger partial charge in [-0.15, -0.1) is 0 Å². The first-order valence-corrected chi connectivity index (χ1v) is 4.97. The van der Waals surface area contributed by atoms with Crippen molar-refractivity contribution in [2.45, 2.75) is 36.9 Å². The molecule has 2 heteroatoms. The Morgan fingerprint density at radius 3 is 2.50 bits per heavy atom. The lowest BCUT2D eigenvalue weighted by atomic mass is 10.0. The topological polar surface area (TPSA) is 23.8 Å². The molecule has 0 spiro atoms. The normalized spacial score (nSPS) is 22.4. The van der Waals surface area contributed by atoms with E-state index in [0.717, 1.165) is 6.42 Å². The van der Waals surface area contributed by atoms with Crippen LogP contribution in [0, 0.1) is 11.3 Å². The average Bonchev–Trinajstić information content (AvgIpc) is 2.39. The zero-order chi connectivity index (χ0) is 7.45. The fourth-order valence-electron chi connectivity index (χ4n) is 1.62. The van der Waals surface area contributed by atoms with Crippen LogP contribution in [-0.4, -0.2) is 11.0 Å². The van der Waals surface area contributed by atoms with Gasteiger partial charge in [0.1, 0.15) is 0 Å². The van der Waals surface area contributed by atoms with E-state index < -0.39 is 0 Å². The SMILES string of the molecule is CSC1(CC#N)CCCC1. The van der Waals surface area contributed by atoms with Crippen LogP contribution in [0.5, 0.6) is 0 Å². The first-order chi connectivity index (χ1) is 4.83. The molecule has 0 aromatic carbocycles. The minimum Gasteiger partial charge on any atom is -0.198 e. The average molecular weight is 155 g/mol. The Morgan fingerprint density at radius 1 is 1.50 bits per heavy atom.